The Morgan fingerprint density at radius 2 is 1.91 bits per heavy atom. The number of ether oxygens (including phenoxy) is 1. The molecule has 0 aliphatic carbocycles. The molecule has 0 saturated carbocycles. The summed E-state index contributed by atoms with van der Waals surface area (Å²) in [7, 11) is 0. The molecular formula is C18H19Cl2NO. The molecule has 2 heterocycles. The van der Waals surface area contributed by atoms with E-state index in [0.717, 1.165) is 37.0 Å². The Morgan fingerprint density at radius 3 is 2.73 bits per heavy atom. The molecule has 4 rings (SSSR count). The number of halogens is 2. The molecule has 0 amide bonds. The van der Waals surface area contributed by atoms with Gasteiger partial charge in [-0.1, -0.05) is 41.9 Å². The first-order valence-corrected chi connectivity index (χ1v) is 7.86. The van der Waals surface area contributed by atoms with Crippen molar-refractivity contribution in [3.05, 3.63) is 64.7 Å². The number of benzene rings is 2. The number of likely N-dealkylation sites (tertiary alicyclic amines) is 1. The molecule has 0 spiro atoms. The van der Waals surface area contributed by atoms with Crippen LogP contribution < -0.4 is 4.74 Å². The highest BCUT2D eigenvalue weighted by Crippen LogP contribution is 2.42. The second-order valence-electron chi connectivity index (χ2n) is 6.04. The molecule has 0 bridgehead atoms. The fourth-order valence-electron chi connectivity index (χ4n) is 3.59. The first kappa shape index (κ1) is 15.7. The van der Waals surface area contributed by atoms with Crippen LogP contribution in [0.25, 0.3) is 0 Å². The van der Waals surface area contributed by atoms with Crippen LogP contribution in [0.3, 0.4) is 0 Å². The van der Waals surface area contributed by atoms with Crippen molar-refractivity contribution in [1.29, 1.82) is 0 Å². The standard InChI is InChI=1S/C18H18ClNO.ClH/c19-15-6-7-18-16(8-15)17-11-20(10-14(17)12-21-18)9-13-4-2-1-3-5-13;/h1-8,14,17H,9-12H2;1H/t14-,17-;/m1./s1. The van der Waals surface area contributed by atoms with E-state index in [-0.39, 0.29) is 12.4 Å². The van der Waals surface area contributed by atoms with E-state index in [4.69, 9.17) is 16.3 Å². The van der Waals surface area contributed by atoms with E-state index in [0.29, 0.717) is 11.8 Å². The zero-order valence-corrected chi connectivity index (χ0v) is 13.8. The minimum Gasteiger partial charge on any atom is -0.493 e. The summed E-state index contributed by atoms with van der Waals surface area (Å²) < 4.78 is 5.91. The van der Waals surface area contributed by atoms with Crippen LogP contribution in [0.15, 0.2) is 48.5 Å². The van der Waals surface area contributed by atoms with Gasteiger partial charge in [0.05, 0.1) is 6.61 Å². The number of rotatable bonds is 2. The van der Waals surface area contributed by atoms with Crippen molar-refractivity contribution in [2.24, 2.45) is 5.92 Å². The third-order valence-corrected chi connectivity index (χ3v) is 4.82. The number of fused-ring (bicyclic) bond motifs is 3. The summed E-state index contributed by atoms with van der Waals surface area (Å²) in [6, 6.07) is 16.7. The summed E-state index contributed by atoms with van der Waals surface area (Å²) in [5, 5.41) is 0.805. The van der Waals surface area contributed by atoms with E-state index in [1.165, 1.54) is 11.1 Å². The first-order chi connectivity index (χ1) is 10.3. The topological polar surface area (TPSA) is 12.5 Å². The zero-order valence-electron chi connectivity index (χ0n) is 12.2. The summed E-state index contributed by atoms with van der Waals surface area (Å²) in [6.45, 7) is 4.04. The lowest BCUT2D eigenvalue weighted by Gasteiger charge is -2.27. The molecule has 22 heavy (non-hydrogen) atoms. The third kappa shape index (κ3) is 2.96. The van der Waals surface area contributed by atoms with Gasteiger partial charge in [0.1, 0.15) is 5.75 Å². The molecule has 2 nitrogen and oxygen atoms in total. The molecule has 0 N–H and O–H groups in total. The van der Waals surface area contributed by atoms with Crippen molar-refractivity contribution < 1.29 is 4.74 Å². The lowest BCUT2D eigenvalue weighted by Crippen LogP contribution is -2.25. The van der Waals surface area contributed by atoms with Crippen LogP contribution in [-0.2, 0) is 6.54 Å². The molecule has 4 heteroatoms. The van der Waals surface area contributed by atoms with Gasteiger partial charge in [-0.15, -0.1) is 12.4 Å². The van der Waals surface area contributed by atoms with Crippen molar-refractivity contribution in [3.8, 4) is 5.75 Å². The Balaban J connectivity index is 0.00000144. The molecule has 2 atom stereocenters. The van der Waals surface area contributed by atoms with Crippen LogP contribution in [0.1, 0.15) is 17.0 Å². The largest absolute Gasteiger partial charge is 0.493 e. The van der Waals surface area contributed by atoms with Gasteiger partial charge in [0.2, 0.25) is 0 Å². The first-order valence-electron chi connectivity index (χ1n) is 7.48. The van der Waals surface area contributed by atoms with Gasteiger partial charge in [-0.3, -0.25) is 4.90 Å². The fraction of sp³-hybridized carbons (Fsp3) is 0.333. The van der Waals surface area contributed by atoms with Crippen molar-refractivity contribution in [1.82, 2.24) is 4.90 Å². The Kier molecular flexibility index (Phi) is 4.62. The maximum absolute atomic E-state index is 6.16. The van der Waals surface area contributed by atoms with Gasteiger partial charge < -0.3 is 4.74 Å². The quantitative estimate of drug-likeness (QED) is 0.807. The van der Waals surface area contributed by atoms with E-state index >= 15 is 0 Å². The van der Waals surface area contributed by atoms with Crippen molar-refractivity contribution >= 4 is 24.0 Å². The number of hydrogen-bond acceptors (Lipinski definition) is 2. The predicted molar refractivity (Wildman–Crippen MR) is 92.1 cm³/mol. The highest BCUT2D eigenvalue weighted by Gasteiger charge is 2.38. The summed E-state index contributed by atoms with van der Waals surface area (Å²) in [4.78, 5) is 2.53. The number of hydrogen-bond donors (Lipinski definition) is 0. The van der Waals surface area contributed by atoms with E-state index in [1.54, 1.807) is 0 Å². The number of nitrogens with zero attached hydrogens (tertiary/aromatic N) is 1. The van der Waals surface area contributed by atoms with Gasteiger partial charge in [0, 0.05) is 42.1 Å². The summed E-state index contributed by atoms with van der Waals surface area (Å²) in [5.74, 6) is 2.15. The second-order valence-corrected chi connectivity index (χ2v) is 6.48. The normalized spacial score (nSPS) is 23.1. The fourth-order valence-corrected chi connectivity index (χ4v) is 3.77. The monoisotopic (exact) mass is 335 g/mol. The smallest absolute Gasteiger partial charge is 0.122 e. The van der Waals surface area contributed by atoms with Gasteiger partial charge >= 0.3 is 0 Å². The van der Waals surface area contributed by atoms with Gasteiger partial charge in [-0.25, -0.2) is 0 Å². The molecule has 2 aromatic carbocycles. The summed E-state index contributed by atoms with van der Waals surface area (Å²) in [5.41, 5.74) is 2.66. The minimum atomic E-state index is 0. The summed E-state index contributed by atoms with van der Waals surface area (Å²) >= 11 is 6.16. The highest BCUT2D eigenvalue weighted by molar-refractivity contribution is 6.30. The van der Waals surface area contributed by atoms with Gasteiger partial charge in [-0.2, -0.15) is 0 Å². The van der Waals surface area contributed by atoms with Gasteiger partial charge in [0.15, 0.2) is 0 Å². The third-order valence-electron chi connectivity index (χ3n) is 4.59. The van der Waals surface area contributed by atoms with Gasteiger partial charge in [0.25, 0.3) is 0 Å². The van der Waals surface area contributed by atoms with Crippen LogP contribution in [0.5, 0.6) is 5.75 Å². The average molecular weight is 336 g/mol. The Bertz CT molecular complexity index is 647. The molecule has 1 saturated heterocycles. The minimum absolute atomic E-state index is 0. The molecule has 116 valence electrons. The maximum atomic E-state index is 6.16. The molecule has 0 radical (unpaired) electrons. The molecule has 2 aromatic rings. The molecule has 1 fully saturated rings. The Hall–Kier alpha value is -1.22. The zero-order chi connectivity index (χ0) is 14.2. The lowest BCUT2D eigenvalue weighted by molar-refractivity contribution is 0.212. The molecular weight excluding hydrogens is 317 g/mol. The Morgan fingerprint density at radius 1 is 1.09 bits per heavy atom. The second kappa shape index (κ2) is 6.49. The van der Waals surface area contributed by atoms with Crippen LogP contribution in [-0.4, -0.2) is 24.6 Å². The van der Waals surface area contributed by atoms with Crippen LogP contribution in [0.2, 0.25) is 5.02 Å². The van der Waals surface area contributed by atoms with Crippen molar-refractivity contribution in [3.63, 3.8) is 0 Å². The Labute approximate surface area is 142 Å². The van der Waals surface area contributed by atoms with E-state index in [1.807, 2.05) is 12.1 Å². The van der Waals surface area contributed by atoms with Crippen molar-refractivity contribution in [2.75, 3.05) is 19.7 Å². The predicted octanol–water partition coefficient (Wildman–Crippen LogP) is 4.37. The lowest BCUT2D eigenvalue weighted by atomic mass is 9.87. The van der Waals surface area contributed by atoms with Crippen LogP contribution in [0, 0.1) is 5.92 Å². The van der Waals surface area contributed by atoms with Crippen molar-refractivity contribution in [2.45, 2.75) is 12.5 Å². The van der Waals surface area contributed by atoms with Crippen LogP contribution >= 0.6 is 24.0 Å². The molecule has 2 aliphatic rings. The molecule has 0 unspecified atom stereocenters. The van der Waals surface area contributed by atoms with Crippen LogP contribution in [0.4, 0.5) is 0 Å². The molecule has 0 aromatic heterocycles. The highest BCUT2D eigenvalue weighted by atomic mass is 35.5. The van der Waals surface area contributed by atoms with E-state index < -0.39 is 0 Å². The average Bonchev–Trinajstić information content (AvgIpc) is 2.91. The SMILES string of the molecule is Cl.Clc1ccc2c(c1)[C@@H]1CN(Cc3ccccc3)C[C@@H]1CO2. The summed E-state index contributed by atoms with van der Waals surface area (Å²) in [6.07, 6.45) is 0. The van der Waals surface area contributed by atoms with Gasteiger partial charge in [-0.05, 0) is 23.8 Å². The maximum Gasteiger partial charge on any atom is 0.122 e. The van der Waals surface area contributed by atoms with E-state index in [9.17, 15) is 0 Å². The molecule has 2 aliphatic heterocycles. The van der Waals surface area contributed by atoms with E-state index in [2.05, 4.69) is 41.3 Å².